The molecule has 0 aliphatic rings. The van der Waals surface area contributed by atoms with Gasteiger partial charge in [0, 0.05) is 24.3 Å². The van der Waals surface area contributed by atoms with Gasteiger partial charge in [-0.05, 0) is 0 Å². The van der Waals surface area contributed by atoms with E-state index >= 15 is 0 Å². The van der Waals surface area contributed by atoms with Crippen LogP contribution in [0, 0.1) is 0 Å². The Bertz CT molecular complexity index is 507. The Labute approximate surface area is 77.5 Å². The molecule has 1 aromatic rings. The van der Waals surface area contributed by atoms with Crippen LogP contribution in [0.4, 0.5) is 0 Å². The smallest absolute Gasteiger partial charge is 0.321 e. The van der Waals surface area contributed by atoms with Crippen molar-refractivity contribution < 1.29 is 14.4 Å². The van der Waals surface area contributed by atoms with Crippen LogP contribution >= 0.6 is 7.60 Å². The van der Waals surface area contributed by atoms with Gasteiger partial charge in [0.05, 0.1) is 0 Å². The van der Waals surface area contributed by atoms with Gasteiger partial charge in [-0.25, -0.2) is 4.79 Å². The SMILES string of the molecule is O=c1ccn(/C=C/P(=O)(O)O)c(=O)[nH]1. The van der Waals surface area contributed by atoms with E-state index < -0.39 is 18.8 Å². The zero-order valence-electron chi connectivity index (χ0n) is 6.82. The zero-order valence-corrected chi connectivity index (χ0v) is 7.72. The summed E-state index contributed by atoms with van der Waals surface area (Å²) in [5.41, 5.74) is -1.34. The molecule has 0 aromatic carbocycles. The van der Waals surface area contributed by atoms with Crippen molar-refractivity contribution in [1.82, 2.24) is 9.55 Å². The lowest BCUT2D eigenvalue weighted by Crippen LogP contribution is -2.25. The molecular formula is C6H7N2O5P. The highest BCUT2D eigenvalue weighted by Gasteiger charge is 2.05. The van der Waals surface area contributed by atoms with Gasteiger partial charge in [-0.15, -0.1) is 0 Å². The van der Waals surface area contributed by atoms with Crippen LogP contribution in [-0.2, 0) is 4.57 Å². The van der Waals surface area contributed by atoms with Gasteiger partial charge < -0.3 is 9.79 Å². The second-order valence-corrected chi connectivity index (χ2v) is 3.88. The van der Waals surface area contributed by atoms with E-state index in [0.29, 0.717) is 5.82 Å². The molecule has 0 saturated heterocycles. The maximum absolute atomic E-state index is 11.0. The normalized spacial score (nSPS) is 12.1. The Kier molecular flexibility index (Phi) is 2.85. The van der Waals surface area contributed by atoms with Crippen LogP contribution in [0.15, 0.2) is 27.7 Å². The minimum absolute atomic E-state index is 0.562. The first kappa shape index (κ1) is 10.6. The predicted molar refractivity (Wildman–Crippen MR) is 48.7 cm³/mol. The molecule has 7 nitrogen and oxygen atoms in total. The third-order valence-electron chi connectivity index (χ3n) is 1.27. The largest absolute Gasteiger partial charge is 0.350 e. The molecule has 0 fully saturated rings. The molecule has 0 aliphatic carbocycles. The molecule has 0 unspecified atom stereocenters. The van der Waals surface area contributed by atoms with E-state index in [0.717, 1.165) is 23.0 Å². The van der Waals surface area contributed by atoms with Crippen molar-refractivity contribution >= 4 is 13.8 Å². The number of rotatable bonds is 2. The first-order chi connectivity index (χ1) is 6.38. The average Bonchev–Trinajstić information content (AvgIpc) is 2.00. The van der Waals surface area contributed by atoms with Gasteiger partial charge in [0.1, 0.15) is 0 Å². The maximum atomic E-state index is 11.0. The van der Waals surface area contributed by atoms with Crippen LogP contribution in [0.3, 0.4) is 0 Å². The number of hydrogen-bond donors (Lipinski definition) is 3. The number of aromatic amines is 1. The molecule has 1 rings (SSSR count). The van der Waals surface area contributed by atoms with Crippen LogP contribution in [0.5, 0.6) is 0 Å². The molecule has 3 N–H and O–H groups in total. The number of aromatic nitrogens is 2. The Morgan fingerprint density at radius 1 is 1.43 bits per heavy atom. The number of nitrogens with one attached hydrogen (secondary N) is 1. The highest BCUT2D eigenvalue weighted by atomic mass is 31.2. The predicted octanol–water partition coefficient (Wildman–Crippen LogP) is -0.858. The van der Waals surface area contributed by atoms with Crippen LogP contribution < -0.4 is 11.2 Å². The fourth-order valence-corrected chi connectivity index (χ4v) is 1.02. The van der Waals surface area contributed by atoms with Crippen molar-refractivity contribution in [2.75, 3.05) is 0 Å². The quantitative estimate of drug-likeness (QED) is 0.559. The van der Waals surface area contributed by atoms with Gasteiger partial charge in [-0.1, -0.05) is 0 Å². The van der Waals surface area contributed by atoms with E-state index in [4.69, 9.17) is 9.79 Å². The van der Waals surface area contributed by atoms with Crippen LogP contribution in [0.1, 0.15) is 0 Å². The third-order valence-corrected chi connectivity index (χ3v) is 1.79. The van der Waals surface area contributed by atoms with Crippen molar-refractivity contribution in [2.45, 2.75) is 0 Å². The zero-order chi connectivity index (χ0) is 10.8. The first-order valence-electron chi connectivity index (χ1n) is 3.44. The number of nitrogens with zero attached hydrogens (tertiary/aromatic N) is 1. The standard InChI is InChI=1S/C6H7N2O5P/c9-5-1-2-8(6(10)7-5)3-4-14(11,12)13/h1-4H,(H,7,9,10)(H2,11,12,13)/b4-3+. The minimum Gasteiger partial charge on any atom is -0.321 e. The Morgan fingerprint density at radius 3 is 2.57 bits per heavy atom. The molecule has 0 aliphatic heterocycles. The lowest BCUT2D eigenvalue weighted by Gasteiger charge is -1.97. The molecular weight excluding hydrogens is 211 g/mol. The summed E-state index contributed by atoms with van der Waals surface area (Å²) in [5.74, 6) is 0.562. The third kappa shape index (κ3) is 3.14. The van der Waals surface area contributed by atoms with Crippen molar-refractivity contribution in [2.24, 2.45) is 0 Å². The van der Waals surface area contributed by atoms with Crippen LogP contribution in [0.25, 0.3) is 6.20 Å². The van der Waals surface area contributed by atoms with Gasteiger partial charge in [0.25, 0.3) is 5.56 Å². The van der Waals surface area contributed by atoms with E-state index in [9.17, 15) is 14.2 Å². The highest BCUT2D eigenvalue weighted by Crippen LogP contribution is 2.35. The van der Waals surface area contributed by atoms with E-state index in [2.05, 4.69) is 0 Å². The molecule has 14 heavy (non-hydrogen) atoms. The summed E-state index contributed by atoms with van der Waals surface area (Å²) in [5, 5.41) is 0. The Hall–Kier alpha value is -1.43. The Morgan fingerprint density at radius 2 is 2.07 bits per heavy atom. The fourth-order valence-electron chi connectivity index (χ4n) is 0.703. The average molecular weight is 218 g/mol. The van der Waals surface area contributed by atoms with Gasteiger partial charge in [0.15, 0.2) is 0 Å². The first-order valence-corrected chi connectivity index (χ1v) is 5.13. The summed E-state index contributed by atoms with van der Waals surface area (Å²) in [6, 6.07) is 1.06. The molecule has 1 aromatic heterocycles. The van der Waals surface area contributed by atoms with Crippen molar-refractivity contribution in [3.8, 4) is 0 Å². The molecule has 0 amide bonds. The summed E-state index contributed by atoms with van der Waals surface area (Å²) in [7, 11) is -4.30. The van der Waals surface area contributed by atoms with E-state index in [1.54, 1.807) is 0 Å². The molecule has 8 heteroatoms. The maximum Gasteiger partial charge on any atom is 0.350 e. The van der Waals surface area contributed by atoms with Gasteiger partial charge in [-0.2, -0.15) is 0 Å². The van der Waals surface area contributed by atoms with E-state index in [1.807, 2.05) is 4.98 Å². The molecule has 0 atom stereocenters. The second-order valence-electron chi connectivity index (χ2n) is 2.40. The monoisotopic (exact) mass is 218 g/mol. The van der Waals surface area contributed by atoms with Crippen molar-refractivity contribution in [1.29, 1.82) is 0 Å². The lowest BCUT2D eigenvalue weighted by molar-refractivity contribution is 0.386. The number of H-pyrrole nitrogens is 1. The molecule has 0 bridgehead atoms. The van der Waals surface area contributed by atoms with Crippen molar-refractivity contribution in [3.63, 3.8) is 0 Å². The molecule has 1 heterocycles. The summed E-state index contributed by atoms with van der Waals surface area (Å²) in [4.78, 5) is 40.4. The number of hydrogen-bond acceptors (Lipinski definition) is 3. The lowest BCUT2D eigenvalue weighted by atomic mass is 10.6. The molecule has 76 valence electrons. The summed E-state index contributed by atoms with van der Waals surface area (Å²) in [6.07, 6.45) is 1.99. The topological polar surface area (TPSA) is 112 Å². The fraction of sp³-hybridized carbons (Fsp3) is 0. The summed E-state index contributed by atoms with van der Waals surface area (Å²) < 4.78 is 11.3. The van der Waals surface area contributed by atoms with Gasteiger partial charge in [0.2, 0.25) is 0 Å². The highest BCUT2D eigenvalue weighted by molar-refractivity contribution is 7.55. The summed E-state index contributed by atoms with van der Waals surface area (Å²) in [6.45, 7) is 0. The van der Waals surface area contributed by atoms with Crippen LogP contribution in [-0.4, -0.2) is 19.3 Å². The summed E-state index contributed by atoms with van der Waals surface area (Å²) >= 11 is 0. The van der Waals surface area contributed by atoms with Gasteiger partial charge >= 0.3 is 13.3 Å². The van der Waals surface area contributed by atoms with Crippen molar-refractivity contribution in [3.05, 3.63) is 38.9 Å². The van der Waals surface area contributed by atoms with Gasteiger partial charge in [-0.3, -0.25) is 18.9 Å². The molecule has 0 radical (unpaired) electrons. The van der Waals surface area contributed by atoms with Crippen LogP contribution in [0.2, 0.25) is 0 Å². The second kappa shape index (κ2) is 3.75. The molecule has 0 spiro atoms. The Balaban J connectivity index is 3.11. The van der Waals surface area contributed by atoms with E-state index in [1.165, 1.54) is 0 Å². The molecule has 0 saturated carbocycles. The van der Waals surface area contributed by atoms with E-state index in [-0.39, 0.29) is 0 Å². The minimum atomic E-state index is -4.30.